The second-order valence-corrected chi connectivity index (χ2v) is 3.46. The Morgan fingerprint density at radius 3 is 2.88 bits per heavy atom. The minimum atomic E-state index is -0.761. The van der Waals surface area contributed by atoms with Crippen LogP contribution < -0.4 is 11.1 Å². The molecular weight excluding hydrogens is 231 g/mol. The molecule has 0 radical (unpaired) electrons. The summed E-state index contributed by atoms with van der Waals surface area (Å²) in [7, 11) is 0. The molecule has 1 aromatic heterocycles. The third-order valence-electron chi connectivity index (χ3n) is 1.90. The van der Waals surface area contributed by atoms with E-state index in [1.54, 1.807) is 24.3 Å². The zero-order chi connectivity index (χ0) is 11.5. The number of nitrogens with one attached hydrogen (secondary N) is 1. The first-order valence-electron chi connectivity index (χ1n) is 4.45. The molecule has 0 fully saturated rings. The first-order valence-corrected chi connectivity index (χ1v) is 4.83. The third-order valence-corrected chi connectivity index (χ3v) is 2.23. The normalized spacial score (nSPS) is 10.1. The molecule has 4 nitrogen and oxygen atoms in total. The molecule has 16 heavy (non-hydrogen) atoms. The van der Waals surface area contributed by atoms with Crippen LogP contribution in [0.15, 0.2) is 30.6 Å². The lowest BCUT2D eigenvalue weighted by Gasteiger charge is -2.07. The maximum Gasteiger partial charge on any atom is 0.236 e. The van der Waals surface area contributed by atoms with Gasteiger partial charge in [0.15, 0.2) is 5.82 Å². The van der Waals surface area contributed by atoms with E-state index in [1.165, 1.54) is 0 Å². The number of aromatic nitrogens is 2. The number of hydrogen-bond donors (Lipinski definition) is 2. The number of rotatable bonds is 2. The van der Waals surface area contributed by atoms with Gasteiger partial charge in [-0.2, -0.15) is 4.39 Å². The van der Waals surface area contributed by atoms with Crippen LogP contribution in [0.1, 0.15) is 0 Å². The van der Waals surface area contributed by atoms with Gasteiger partial charge in [0.25, 0.3) is 0 Å². The highest BCUT2D eigenvalue weighted by Gasteiger charge is 2.08. The van der Waals surface area contributed by atoms with E-state index < -0.39 is 5.95 Å². The van der Waals surface area contributed by atoms with Gasteiger partial charge in [0.1, 0.15) is 11.3 Å². The second-order valence-electron chi connectivity index (χ2n) is 3.08. The van der Waals surface area contributed by atoms with Crippen LogP contribution >= 0.6 is 11.6 Å². The lowest BCUT2D eigenvalue weighted by atomic mass is 10.3. The zero-order valence-corrected chi connectivity index (χ0v) is 8.87. The summed E-state index contributed by atoms with van der Waals surface area (Å²) in [5.41, 5.74) is 6.87. The second kappa shape index (κ2) is 4.32. The highest BCUT2D eigenvalue weighted by molar-refractivity contribution is 6.33. The minimum absolute atomic E-state index is 0.148. The number of benzene rings is 1. The van der Waals surface area contributed by atoms with Gasteiger partial charge in [0.2, 0.25) is 5.95 Å². The molecule has 0 aliphatic rings. The Bertz CT molecular complexity index is 518. The first kappa shape index (κ1) is 10.6. The monoisotopic (exact) mass is 238 g/mol. The van der Waals surface area contributed by atoms with Crippen LogP contribution in [0.3, 0.4) is 0 Å². The van der Waals surface area contributed by atoms with E-state index in [1.807, 2.05) is 0 Å². The van der Waals surface area contributed by atoms with E-state index in [4.69, 9.17) is 17.3 Å². The SMILES string of the molecule is Nc1cccc(Nc2ncnc(F)c2Cl)c1. The third kappa shape index (κ3) is 2.20. The predicted octanol–water partition coefficient (Wildman–Crippen LogP) is 2.59. The van der Waals surface area contributed by atoms with Gasteiger partial charge in [-0.05, 0) is 18.2 Å². The highest BCUT2D eigenvalue weighted by atomic mass is 35.5. The molecule has 1 aromatic carbocycles. The lowest BCUT2D eigenvalue weighted by molar-refractivity contribution is 0.581. The van der Waals surface area contributed by atoms with Crippen LogP contribution in [0.2, 0.25) is 5.02 Å². The van der Waals surface area contributed by atoms with Gasteiger partial charge in [-0.15, -0.1) is 0 Å². The molecule has 6 heteroatoms. The number of nitrogens with two attached hydrogens (primary N) is 1. The van der Waals surface area contributed by atoms with Gasteiger partial charge in [0, 0.05) is 11.4 Å². The fourth-order valence-electron chi connectivity index (χ4n) is 1.19. The van der Waals surface area contributed by atoms with Crippen LogP contribution in [-0.2, 0) is 0 Å². The van der Waals surface area contributed by atoms with Crippen LogP contribution in [0.4, 0.5) is 21.6 Å². The zero-order valence-electron chi connectivity index (χ0n) is 8.11. The summed E-state index contributed by atoms with van der Waals surface area (Å²) in [6.07, 6.45) is 1.09. The van der Waals surface area contributed by atoms with E-state index in [0.717, 1.165) is 6.33 Å². The average molecular weight is 239 g/mol. The van der Waals surface area contributed by atoms with Crippen LogP contribution in [0.25, 0.3) is 0 Å². The Morgan fingerprint density at radius 2 is 2.12 bits per heavy atom. The average Bonchev–Trinajstić information content (AvgIpc) is 2.25. The van der Waals surface area contributed by atoms with Crippen molar-refractivity contribution in [3.05, 3.63) is 41.6 Å². The number of nitrogens with zero attached hydrogens (tertiary/aromatic N) is 2. The summed E-state index contributed by atoms with van der Waals surface area (Å²) < 4.78 is 13.0. The number of hydrogen-bond acceptors (Lipinski definition) is 4. The molecule has 0 amide bonds. The van der Waals surface area contributed by atoms with Gasteiger partial charge < -0.3 is 11.1 Å². The molecule has 2 aromatic rings. The molecule has 0 bridgehead atoms. The van der Waals surface area contributed by atoms with E-state index in [2.05, 4.69) is 15.3 Å². The summed E-state index contributed by atoms with van der Waals surface area (Å²) >= 11 is 5.69. The van der Waals surface area contributed by atoms with Gasteiger partial charge in [-0.3, -0.25) is 0 Å². The first-order chi connectivity index (χ1) is 7.66. The fraction of sp³-hybridized carbons (Fsp3) is 0. The van der Waals surface area contributed by atoms with Crippen molar-refractivity contribution in [3.8, 4) is 0 Å². The van der Waals surface area contributed by atoms with Gasteiger partial charge in [0.05, 0.1) is 0 Å². The molecule has 1 heterocycles. The smallest absolute Gasteiger partial charge is 0.236 e. The Labute approximate surface area is 96.3 Å². The predicted molar refractivity (Wildman–Crippen MR) is 61.1 cm³/mol. The maximum atomic E-state index is 13.0. The van der Waals surface area contributed by atoms with Crippen LogP contribution in [0.5, 0.6) is 0 Å². The van der Waals surface area contributed by atoms with Crippen molar-refractivity contribution in [2.45, 2.75) is 0 Å². The minimum Gasteiger partial charge on any atom is -0.399 e. The largest absolute Gasteiger partial charge is 0.399 e. The standard InChI is InChI=1S/C10H8ClFN4/c11-8-9(12)14-5-15-10(8)16-7-3-1-2-6(13)4-7/h1-5H,13H2,(H,14,15,16). The highest BCUT2D eigenvalue weighted by Crippen LogP contribution is 2.24. The Kier molecular flexibility index (Phi) is 2.87. The van der Waals surface area contributed by atoms with Gasteiger partial charge in [-0.25, -0.2) is 9.97 Å². The Hall–Kier alpha value is -1.88. The van der Waals surface area contributed by atoms with Crippen molar-refractivity contribution in [1.29, 1.82) is 0 Å². The van der Waals surface area contributed by atoms with E-state index in [9.17, 15) is 4.39 Å². The number of anilines is 3. The molecule has 0 unspecified atom stereocenters. The van der Waals surface area contributed by atoms with E-state index in [-0.39, 0.29) is 10.8 Å². The van der Waals surface area contributed by atoms with E-state index >= 15 is 0 Å². The summed E-state index contributed by atoms with van der Waals surface area (Å²) in [5.74, 6) is -0.553. The molecule has 0 aliphatic carbocycles. The van der Waals surface area contributed by atoms with Crippen molar-refractivity contribution in [2.24, 2.45) is 0 Å². The summed E-state index contributed by atoms with van der Waals surface area (Å²) in [5, 5.41) is 2.70. The topological polar surface area (TPSA) is 63.8 Å². The maximum absolute atomic E-state index is 13.0. The molecule has 0 spiro atoms. The van der Waals surface area contributed by atoms with Gasteiger partial charge >= 0.3 is 0 Å². The Morgan fingerprint density at radius 1 is 1.31 bits per heavy atom. The molecule has 0 aliphatic heterocycles. The van der Waals surface area contributed by atoms with Crippen LogP contribution in [-0.4, -0.2) is 9.97 Å². The lowest BCUT2D eigenvalue weighted by Crippen LogP contribution is -1.98. The number of halogens is 2. The fourth-order valence-corrected chi connectivity index (χ4v) is 1.33. The number of nitrogen functional groups attached to an aromatic ring is 1. The summed E-state index contributed by atoms with van der Waals surface area (Å²) in [6, 6.07) is 6.97. The van der Waals surface area contributed by atoms with Crippen molar-refractivity contribution >= 4 is 28.8 Å². The van der Waals surface area contributed by atoms with E-state index in [0.29, 0.717) is 11.4 Å². The molecule has 0 saturated carbocycles. The van der Waals surface area contributed by atoms with Crippen molar-refractivity contribution < 1.29 is 4.39 Å². The van der Waals surface area contributed by atoms with Gasteiger partial charge in [-0.1, -0.05) is 17.7 Å². The summed E-state index contributed by atoms with van der Waals surface area (Å²) in [4.78, 5) is 7.15. The van der Waals surface area contributed by atoms with Crippen molar-refractivity contribution in [1.82, 2.24) is 9.97 Å². The summed E-state index contributed by atoms with van der Waals surface area (Å²) in [6.45, 7) is 0. The molecule has 82 valence electrons. The quantitative estimate of drug-likeness (QED) is 0.624. The molecule has 3 N–H and O–H groups in total. The van der Waals surface area contributed by atoms with Crippen molar-refractivity contribution in [3.63, 3.8) is 0 Å². The van der Waals surface area contributed by atoms with Crippen molar-refractivity contribution in [2.75, 3.05) is 11.1 Å². The Balaban J connectivity index is 2.31. The molecule has 0 saturated heterocycles. The molecule has 0 atom stereocenters. The molecular formula is C10H8ClFN4. The molecule has 2 rings (SSSR count). The van der Waals surface area contributed by atoms with Crippen LogP contribution in [0, 0.1) is 5.95 Å².